The Kier molecular flexibility index (Phi) is 6.50. The molecule has 4 rings (SSSR count). The Bertz CT molecular complexity index is 1290. The number of carbonyl (C=O) groups is 1. The van der Waals surface area contributed by atoms with Crippen LogP contribution in [0.25, 0.3) is 21.3 Å². The summed E-state index contributed by atoms with van der Waals surface area (Å²) in [6, 6.07) is 8.93. The molecular weight excluding hydrogens is 452 g/mol. The van der Waals surface area contributed by atoms with Crippen molar-refractivity contribution in [1.82, 2.24) is 15.0 Å². The number of carbonyl (C=O) groups excluding carboxylic acids is 1. The molecule has 0 unspecified atom stereocenters. The van der Waals surface area contributed by atoms with Gasteiger partial charge < -0.3 is 14.6 Å². The van der Waals surface area contributed by atoms with Crippen molar-refractivity contribution in [3.63, 3.8) is 0 Å². The summed E-state index contributed by atoms with van der Waals surface area (Å²) >= 11 is 7.73. The van der Waals surface area contributed by atoms with Crippen LogP contribution in [0.15, 0.2) is 42.7 Å². The van der Waals surface area contributed by atoms with Gasteiger partial charge in [-0.1, -0.05) is 22.9 Å². The molecule has 8 nitrogen and oxygen atoms in total. The number of aliphatic hydroxyl groups is 1. The standard InChI is InChI=1S/C22H19ClN4O4S/c1-12-9-15(14-5-6-24-11-17(14)30-2)19(20(23)25-12)21(29)27-22-26-16-10-13(31-8-7-28)3-4-18(16)32-22/h3-6,9-11,28H,7-8H2,1-2H3,(H,26,27,29). The number of thiazole rings is 1. The molecule has 164 valence electrons. The molecule has 0 spiro atoms. The van der Waals surface area contributed by atoms with Crippen LogP contribution in [0.5, 0.6) is 11.5 Å². The summed E-state index contributed by atoms with van der Waals surface area (Å²) < 4.78 is 11.7. The topological polar surface area (TPSA) is 106 Å². The Morgan fingerprint density at radius 1 is 1.22 bits per heavy atom. The molecule has 3 heterocycles. The number of nitrogens with zero attached hydrogens (tertiary/aromatic N) is 3. The fraction of sp³-hybridized carbons (Fsp3) is 0.182. The highest BCUT2D eigenvalue weighted by Crippen LogP contribution is 2.36. The summed E-state index contributed by atoms with van der Waals surface area (Å²) in [5, 5.41) is 12.2. The van der Waals surface area contributed by atoms with Gasteiger partial charge in [0.1, 0.15) is 23.3 Å². The van der Waals surface area contributed by atoms with E-state index in [0.29, 0.717) is 39.0 Å². The van der Waals surface area contributed by atoms with Crippen LogP contribution in [0.4, 0.5) is 5.13 Å². The molecule has 0 saturated carbocycles. The zero-order chi connectivity index (χ0) is 22.7. The number of anilines is 1. The molecule has 32 heavy (non-hydrogen) atoms. The van der Waals surface area contributed by atoms with Gasteiger partial charge in [-0.3, -0.25) is 15.1 Å². The van der Waals surface area contributed by atoms with E-state index in [2.05, 4.69) is 20.3 Å². The van der Waals surface area contributed by atoms with E-state index in [1.54, 1.807) is 43.6 Å². The van der Waals surface area contributed by atoms with E-state index in [9.17, 15) is 4.79 Å². The highest BCUT2D eigenvalue weighted by atomic mass is 35.5. The van der Waals surface area contributed by atoms with Crippen molar-refractivity contribution < 1.29 is 19.4 Å². The van der Waals surface area contributed by atoms with E-state index in [4.69, 9.17) is 26.2 Å². The van der Waals surface area contributed by atoms with Crippen molar-refractivity contribution in [2.45, 2.75) is 6.92 Å². The summed E-state index contributed by atoms with van der Waals surface area (Å²) in [7, 11) is 1.54. The monoisotopic (exact) mass is 470 g/mol. The number of pyridine rings is 2. The number of aromatic nitrogens is 3. The molecule has 0 aliphatic rings. The number of nitrogens with one attached hydrogen (secondary N) is 1. The Labute approximate surface area is 192 Å². The van der Waals surface area contributed by atoms with Crippen LogP contribution < -0.4 is 14.8 Å². The van der Waals surface area contributed by atoms with Gasteiger partial charge >= 0.3 is 0 Å². The van der Waals surface area contributed by atoms with Crippen LogP contribution in [0.3, 0.4) is 0 Å². The normalized spacial score (nSPS) is 10.9. The van der Waals surface area contributed by atoms with Crippen molar-refractivity contribution in [2.75, 3.05) is 25.6 Å². The largest absolute Gasteiger partial charge is 0.494 e. The van der Waals surface area contributed by atoms with E-state index in [1.165, 1.54) is 18.4 Å². The van der Waals surface area contributed by atoms with Crippen LogP contribution in [-0.2, 0) is 0 Å². The average Bonchev–Trinajstić information content (AvgIpc) is 3.18. The third-order valence-corrected chi connectivity index (χ3v) is 5.79. The highest BCUT2D eigenvalue weighted by Gasteiger charge is 2.22. The minimum absolute atomic E-state index is 0.0770. The van der Waals surface area contributed by atoms with E-state index in [-0.39, 0.29) is 23.9 Å². The smallest absolute Gasteiger partial charge is 0.261 e. The number of fused-ring (bicyclic) bond motifs is 1. The quantitative estimate of drug-likeness (QED) is 0.387. The lowest BCUT2D eigenvalue weighted by atomic mass is 10.0. The zero-order valence-electron chi connectivity index (χ0n) is 17.3. The summed E-state index contributed by atoms with van der Waals surface area (Å²) in [6.07, 6.45) is 3.19. The number of aryl methyl sites for hydroxylation is 1. The minimum Gasteiger partial charge on any atom is -0.494 e. The number of halogens is 1. The second kappa shape index (κ2) is 9.47. The molecule has 0 atom stereocenters. The molecule has 0 fully saturated rings. The Hall–Kier alpha value is -3.27. The molecule has 1 amide bonds. The van der Waals surface area contributed by atoms with Gasteiger partial charge in [0.05, 0.1) is 35.7 Å². The fourth-order valence-electron chi connectivity index (χ4n) is 3.20. The van der Waals surface area contributed by atoms with Gasteiger partial charge in [-0.2, -0.15) is 0 Å². The third kappa shape index (κ3) is 4.50. The molecule has 10 heteroatoms. The molecule has 1 aromatic carbocycles. The Morgan fingerprint density at radius 2 is 2.06 bits per heavy atom. The van der Waals surface area contributed by atoms with Crippen molar-refractivity contribution in [1.29, 1.82) is 0 Å². The summed E-state index contributed by atoms with van der Waals surface area (Å²) in [5.41, 5.74) is 2.81. The first kappa shape index (κ1) is 21.9. The number of benzene rings is 1. The first-order valence-corrected chi connectivity index (χ1v) is 10.8. The lowest BCUT2D eigenvalue weighted by Gasteiger charge is -2.14. The van der Waals surface area contributed by atoms with Gasteiger partial charge in [0.2, 0.25) is 0 Å². The van der Waals surface area contributed by atoms with Crippen LogP contribution in [0, 0.1) is 6.92 Å². The molecule has 4 aromatic rings. The number of amides is 1. The van der Waals surface area contributed by atoms with Crippen molar-refractivity contribution in [2.24, 2.45) is 0 Å². The maximum absolute atomic E-state index is 13.2. The molecule has 3 aromatic heterocycles. The number of hydrogen-bond acceptors (Lipinski definition) is 8. The number of rotatable bonds is 7. The van der Waals surface area contributed by atoms with Gasteiger partial charge in [-0.05, 0) is 31.2 Å². The lowest BCUT2D eigenvalue weighted by molar-refractivity contribution is 0.102. The van der Waals surface area contributed by atoms with Crippen LogP contribution >= 0.6 is 22.9 Å². The Morgan fingerprint density at radius 3 is 2.84 bits per heavy atom. The van der Waals surface area contributed by atoms with Gasteiger partial charge in [0, 0.05) is 29.1 Å². The number of methoxy groups -OCH3 is 1. The van der Waals surface area contributed by atoms with E-state index in [1.807, 2.05) is 6.07 Å². The molecular formula is C22H19ClN4O4S. The molecule has 2 N–H and O–H groups in total. The molecule has 0 aliphatic carbocycles. The number of hydrogen-bond donors (Lipinski definition) is 2. The second-order valence-corrected chi connectivity index (χ2v) is 8.12. The summed E-state index contributed by atoms with van der Waals surface area (Å²) in [5.74, 6) is 0.665. The number of ether oxygens (including phenoxy) is 2. The molecule has 0 radical (unpaired) electrons. The Balaban J connectivity index is 1.69. The molecule has 0 aliphatic heterocycles. The first-order chi connectivity index (χ1) is 15.5. The maximum atomic E-state index is 13.2. The predicted octanol–water partition coefficient (Wildman–Crippen LogP) is 4.35. The van der Waals surface area contributed by atoms with Gasteiger partial charge in [0.25, 0.3) is 5.91 Å². The van der Waals surface area contributed by atoms with Crippen LogP contribution in [-0.4, -0.2) is 46.3 Å². The van der Waals surface area contributed by atoms with E-state index < -0.39 is 5.91 Å². The van der Waals surface area contributed by atoms with Crippen molar-refractivity contribution >= 4 is 44.2 Å². The second-order valence-electron chi connectivity index (χ2n) is 6.73. The van der Waals surface area contributed by atoms with E-state index in [0.717, 1.165) is 4.70 Å². The predicted molar refractivity (Wildman–Crippen MR) is 124 cm³/mol. The fourth-order valence-corrected chi connectivity index (χ4v) is 4.36. The van der Waals surface area contributed by atoms with Crippen molar-refractivity contribution in [3.05, 3.63) is 59.1 Å². The zero-order valence-corrected chi connectivity index (χ0v) is 18.8. The van der Waals surface area contributed by atoms with Crippen molar-refractivity contribution in [3.8, 4) is 22.6 Å². The first-order valence-electron chi connectivity index (χ1n) is 9.61. The lowest BCUT2D eigenvalue weighted by Crippen LogP contribution is -2.15. The van der Waals surface area contributed by atoms with E-state index >= 15 is 0 Å². The van der Waals surface area contributed by atoms with Gasteiger partial charge in [-0.25, -0.2) is 9.97 Å². The maximum Gasteiger partial charge on any atom is 0.261 e. The summed E-state index contributed by atoms with van der Waals surface area (Å²) in [4.78, 5) is 26.1. The minimum atomic E-state index is -0.438. The van der Waals surface area contributed by atoms with Gasteiger partial charge in [-0.15, -0.1) is 0 Å². The van der Waals surface area contributed by atoms with Crippen LogP contribution in [0.2, 0.25) is 5.15 Å². The van der Waals surface area contributed by atoms with Crippen LogP contribution in [0.1, 0.15) is 16.1 Å². The molecule has 0 bridgehead atoms. The number of aliphatic hydroxyl groups excluding tert-OH is 1. The average molecular weight is 471 g/mol. The van der Waals surface area contributed by atoms with Gasteiger partial charge in [0.15, 0.2) is 5.13 Å². The third-order valence-electron chi connectivity index (χ3n) is 4.56. The SMILES string of the molecule is COc1cnccc1-c1cc(C)nc(Cl)c1C(=O)Nc1nc2cc(OCCO)ccc2s1. The highest BCUT2D eigenvalue weighted by molar-refractivity contribution is 7.22. The molecule has 0 saturated heterocycles. The summed E-state index contributed by atoms with van der Waals surface area (Å²) in [6.45, 7) is 1.92.